The molecule has 1 fully saturated rings. The van der Waals surface area contributed by atoms with Crippen LogP contribution in [0.25, 0.3) is 0 Å². The van der Waals surface area contributed by atoms with E-state index in [0.29, 0.717) is 11.5 Å². The molecule has 0 bridgehead atoms. The number of hydrogen-bond acceptors (Lipinski definition) is 1. The Hall–Kier alpha value is -0.0400. The van der Waals surface area contributed by atoms with Gasteiger partial charge in [-0.2, -0.15) is 0 Å². The molecule has 0 amide bonds. The second kappa shape index (κ2) is 2.91. The third-order valence-electron chi connectivity index (χ3n) is 2.37. The minimum atomic E-state index is 0.527. The molecular formula is C9H18O. The maximum atomic E-state index is 5.56. The molecule has 10 heavy (non-hydrogen) atoms. The zero-order valence-electron chi connectivity index (χ0n) is 7.31. The minimum Gasteiger partial charge on any atom is -0.378 e. The lowest BCUT2D eigenvalue weighted by Gasteiger charge is -2.34. The molecule has 0 spiro atoms. The summed E-state index contributed by atoms with van der Waals surface area (Å²) in [5.41, 5.74) is 0.527. The fourth-order valence-corrected chi connectivity index (χ4v) is 1.54. The number of ether oxygens (including phenoxy) is 1. The van der Waals surface area contributed by atoms with Crippen LogP contribution in [0.3, 0.4) is 0 Å². The number of rotatable bonds is 1. The molecule has 0 aromatic heterocycles. The van der Waals surface area contributed by atoms with E-state index in [1.54, 1.807) is 0 Å². The first-order valence-corrected chi connectivity index (χ1v) is 4.26. The monoisotopic (exact) mass is 142 g/mol. The normalized spacial score (nSPS) is 32.1. The van der Waals surface area contributed by atoms with Gasteiger partial charge in [-0.1, -0.05) is 20.8 Å². The van der Waals surface area contributed by atoms with Crippen molar-refractivity contribution in [3.8, 4) is 0 Å². The quantitative estimate of drug-likeness (QED) is 0.547. The predicted octanol–water partition coefficient (Wildman–Crippen LogP) is 2.60. The van der Waals surface area contributed by atoms with Crippen LogP contribution in [-0.4, -0.2) is 12.7 Å². The first kappa shape index (κ1) is 8.06. The Morgan fingerprint density at radius 1 is 1.50 bits per heavy atom. The molecule has 1 rings (SSSR count). The van der Waals surface area contributed by atoms with Crippen molar-refractivity contribution in [3.63, 3.8) is 0 Å². The van der Waals surface area contributed by atoms with Gasteiger partial charge in [-0.25, -0.2) is 0 Å². The molecule has 0 unspecified atom stereocenters. The van der Waals surface area contributed by atoms with Gasteiger partial charge in [0.25, 0.3) is 0 Å². The summed E-state index contributed by atoms with van der Waals surface area (Å²) in [7, 11) is 0. The summed E-state index contributed by atoms with van der Waals surface area (Å²) in [5, 5.41) is 0. The Morgan fingerprint density at radius 3 is 2.60 bits per heavy atom. The van der Waals surface area contributed by atoms with Gasteiger partial charge in [0.2, 0.25) is 0 Å². The van der Waals surface area contributed by atoms with E-state index in [1.807, 2.05) is 0 Å². The highest BCUT2D eigenvalue weighted by Crippen LogP contribution is 2.32. The molecule has 0 aromatic carbocycles. The Labute approximate surface area is 63.8 Å². The Bertz CT molecular complexity index is 107. The van der Waals surface area contributed by atoms with Crippen molar-refractivity contribution >= 4 is 0 Å². The SMILES string of the molecule is CC[C@H]1CC(C)(C)CCO1. The van der Waals surface area contributed by atoms with E-state index < -0.39 is 0 Å². The molecule has 60 valence electrons. The summed E-state index contributed by atoms with van der Waals surface area (Å²) in [6.07, 6.45) is 4.17. The van der Waals surface area contributed by atoms with Gasteiger partial charge >= 0.3 is 0 Å². The summed E-state index contributed by atoms with van der Waals surface area (Å²) in [4.78, 5) is 0. The molecule has 0 saturated carbocycles. The van der Waals surface area contributed by atoms with Crippen LogP contribution in [0.4, 0.5) is 0 Å². The zero-order chi connectivity index (χ0) is 7.61. The molecule has 1 heteroatoms. The molecular weight excluding hydrogens is 124 g/mol. The van der Waals surface area contributed by atoms with E-state index in [0.717, 1.165) is 6.61 Å². The molecule has 1 heterocycles. The third-order valence-corrected chi connectivity index (χ3v) is 2.37. The van der Waals surface area contributed by atoms with Gasteiger partial charge in [0.15, 0.2) is 0 Å². The lowest BCUT2D eigenvalue weighted by Crippen LogP contribution is -2.30. The van der Waals surface area contributed by atoms with Crippen LogP contribution >= 0.6 is 0 Å². The van der Waals surface area contributed by atoms with Crippen LogP contribution in [0.5, 0.6) is 0 Å². The van der Waals surface area contributed by atoms with Crippen LogP contribution in [0.2, 0.25) is 0 Å². The molecule has 0 aromatic rings. The summed E-state index contributed by atoms with van der Waals surface area (Å²) < 4.78 is 5.56. The highest BCUT2D eigenvalue weighted by molar-refractivity contribution is 4.77. The van der Waals surface area contributed by atoms with Crippen molar-refractivity contribution in [2.75, 3.05) is 6.61 Å². The highest BCUT2D eigenvalue weighted by atomic mass is 16.5. The average molecular weight is 142 g/mol. The molecule has 0 radical (unpaired) electrons. The Kier molecular flexibility index (Phi) is 2.35. The fraction of sp³-hybridized carbons (Fsp3) is 1.00. The lowest BCUT2D eigenvalue weighted by molar-refractivity contribution is -0.0368. The van der Waals surface area contributed by atoms with Crippen LogP contribution in [-0.2, 0) is 4.74 Å². The smallest absolute Gasteiger partial charge is 0.0577 e. The third kappa shape index (κ3) is 1.98. The Balaban J connectivity index is 2.40. The maximum Gasteiger partial charge on any atom is 0.0577 e. The largest absolute Gasteiger partial charge is 0.378 e. The maximum absolute atomic E-state index is 5.56. The minimum absolute atomic E-state index is 0.527. The number of hydrogen-bond donors (Lipinski definition) is 0. The molecule has 1 aliphatic heterocycles. The van der Waals surface area contributed by atoms with Gasteiger partial charge in [0, 0.05) is 6.61 Å². The Morgan fingerprint density at radius 2 is 2.20 bits per heavy atom. The topological polar surface area (TPSA) is 9.23 Å². The first-order chi connectivity index (χ1) is 4.64. The van der Waals surface area contributed by atoms with E-state index in [-0.39, 0.29) is 0 Å². The van der Waals surface area contributed by atoms with Crippen LogP contribution in [0.15, 0.2) is 0 Å². The van der Waals surface area contributed by atoms with E-state index in [9.17, 15) is 0 Å². The highest BCUT2D eigenvalue weighted by Gasteiger charge is 2.27. The lowest BCUT2D eigenvalue weighted by atomic mass is 9.81. The van der Waals surface area contributed by atoms with Crippen molar-refractivity contribution in [2.45, 2.75) is 46.1 Å². The van der Waals surface area contributed by atoms with E-state index in [1.165, 1.54) is 19.3 Å². The second-order valence-electron chi connectivity index (χ2n) is 4.02. The molecule has 1 atom stereocenters. The summed E-state index contributed by atoms with van der Waals surface area (Å²) in [6, 6.07) is 0. The van der Waals surface area contributed by atoms with Crippen molar-refractivity contribution < 1.29 is 4.74 Å². The van der Waals surface area contributed by atoms with Crippen molar-refractivity contribution in [1.29, 1.82) is 0 Å². The molecule has 0 N–H and O–H groups in total. The van der Waals surface area contributed by atoms with Gasteiger partial charge in [0.1, 0.15) is 0 Å². The van der Waals surface area contributed by atoms with Gasteiger partial charge in [-0.15, -0.1) is 0 Å². The van der Waals surface area contributed by atoms with Gasteiger partial charge in [-0.05, 0) is 24.7 Å². The first-order valence-electron chi connectivity index (χ1n) is 4.26. The molecule has 0 aliphatic carbocycles. The van der Waals surface area contributed by atoms with Gasteiger partial charge in [-0.3, -0.25) is 0 Å². The summed E-state index contributed by atoms with van der Waals surface area (Å²) in [5.74, 6) is 0. The van der Waals surface area contributed by atoms with Crippen molar-refractivity contribution in [3.05, 3.63) is 0 Å². The van der Waals surface area contributed by atoms with E-state index >= 15 is 0 Å². The van der Waals surface area contributed by atoms with E-state index in [2.05, 4.69) is 20.8 Å². The van der Waals surface area contributed by atoms with Crippen LogP contribution in [0, 0.1) is 5.41 Å². The molecule has 1 nitrogen and oxygen atoms in total. The van der Waals surface area contributed by atoms with E-state index in [4.69, 9.17) is 4.74 Å². The molecule has 1 aliphatic rings. The summed E-state index contributed by atoms with van der Waals surface area (Å²) in [6.45, 7) is 7.83. The standard InChI is InChI=1S/C9H18O/c1-4-8-7-9(2,3)5-6-10-8/h8H,4-7H2,1-3H3/t8-/m0/s1. The summed E-state index contributed by atoms with van der Waals surface area (Å²) >= 11 is 0. The van der Waals surface area contributed by atoms with Crippen molar-refractivity contribution in [2.24, 2.45) is 5.41 Å². The molecule has 1 saturated heterocycles. The average Bonchev–Trinajstić information content (AvgIpc) is 1.86. The van der Waals surface area contributed by atoms with Crippen LogP contribution in [0.1, 0.15) is 40.0 Å². The van der Waals surface area contributed by atoms with Crippen LogP contribution < -0.4 is 0 Å². The predicted molar refractivity (Wildman–Crippen MR) is 43.0 cm³/mol. The van der Waals surface area contributed by atoms with Crippen molar-refractivity contribution in [1.82, 2.24) is 0 Å². The zero-order valence-corrected chi connectivity index (χ0v) is 7.31. The van der Waals surface area contributed by atoms with Gasteiger partial charge in [0.05, 0.1) is 6.10 Å². The fourth-order valence-electron chi connectivity index (χ4n) is 1.54. The second-order valence-corrected chi connectivity index (χ2v) is 4.02. The van der Waals surface area contributed by atoms with Gasteiger partial charge < -0.3 is 4.74 Å².